The Hall–Kier alpha value is -1.06. The summed E-state index contributed by atoms with van der Waals surface area (Å²) in [5.74, 6) is 0.206. The van der Waals surface area contributed by atoms with E-state index in [1.807, 2.05) is 41.5 Å². The van der Waals surface area contributed by atoms with Crippen LogP contribution in [0.5, 0.6) is 0 Å². The van der Waals surface area contributed by atoms with Gasteiger partial charge < -0.3 is 10.6 Å². The Balaban J connectivity index is -0.000000709. The Morgan fingerprint density at radius 2 is 1.59 bits per heavy atom. The van der Waals surface area contributed by atoms with Crippen molar-refractivity contribution in [2.24, 2.45) is 11.8 Å². The lowest BCUT2D eigenvalue weighted by Crippen LogP contribution is -2.48. The van der Waals surface area contributed by atoms with E-state index >= 15 is 0 Å². The van der Waals surface area contributed by atoms with E-state index in [1.54, 1.807) is 7.05 Å². The number of carbonyl (C=O) groups excluding carboxylic acids is 2. The van der Waals surface area contributed by atoms with E-state index in [0.29, 0.717) is 12.3 Å². The third kappa shape index (κ3) is 8.72. The number of carbonyl (C=O) groups is 2. The lowest BCUT2D eigenvalue weighted by Gasteiger charge is -2.21. The molecule has 2 N–H and O–H groups in total. The van der Waals surface area contributed by atoms with Crippen molar-refractivity contribution >= 4 is 11.8 Å². The van der Waals surface area contributed by atoms with Crippen molar-refractivity contribution in [1.29, 1.82) is 0 Å². The van der Waals surface area contributed by atoms with Crippen LogP contribution in [0.3, 0.4) is 0 Å². The smallest absolute Gasteiger partial charge is 0.242 e. The van der Waals surface area contributed by atoms with Gasteiger partial charge in [-0.05, 0) is 11.8 Å². The highest BCUT2D eigenvalue weighted by Gasteiger charge is 2.22. The number of rotatable bonds is 5. The quantitative estimate of drug-likeness (QED) is 0.781. The van der Waals surface area contributed by atoms with E-state index in [2.05, 4.69) is 10.6 Å². The van der Waals surface area contributed by atoms with E-state index < -0.39 is 6.04 Å². The highest BCUT2D eigenvalue weighted by atomic mass is 16.2. The van der Waals surface area contributed by atoms with E-state index in [1.165, 1.54) is 0 Å². The molecule has 4 nitrogen and oxygen atoms in total. The Labute approximate surface area is 107 Å². The van der Waals surface area contributed by atoms with Crippen molar-refractivity contribution in [1.82, 2.24) is 10.6 Å². The first-order valence-electron chi connectivity index (χ1n) is 6.39. The van der Waals surface area contributed by atoms with Crippen molar-refractivity contribution in [3.05, 3.63) is 0 Å². The summed E-state index contributed by atoms with van der Waals surface area (Å²) >= 11 is 0. The van der Waals surface area contributed by atoms with Gasteiger partial charge in [-0.15, -0.1) is 0 Å². The van der Waals surface area contributed by atoms with Gasteiger partial charge in [-0.2, -0.15) is 0 Å². The predicted molar refractivity (Wildman–Crippen MR) is 73.8 cm³/mol. The van der Waals surface area contributed by atoms with Gasteiger partial charge in [0.15, 0.2) is 0 Å². The highest BCUT2D eigenvalue weighted by Crippen LogP contribution is 2.04. The highest BCUT2D eigenvalue weighted by molar-refractivity contribution is 5.87. The van der Waals surface area contributed by atoms with E-state index in [-0.39, 0.29) is 19.2 Å². The molecule has 0 bridgehead atoms. The number of hydrogen-bond acceptors (Lipinski definition) is 2. The fourth-order valence-electron chi connectivity index (χ4n) is 1.29. The van der Waals surface area contributed by atoms with Crippen LogP contribution in [0.1, 0.15) is 49.4 Å². The van der Waals surface area contributed by atoms with Crippen LogP contribution in [0.15, 0.2) is 0 Å². The molecule has 0 rings (SSSR count). The van der Waals surface area contributed by atoms with Gasteiger partial charge in [0.2, 0.25) is 11.8 Å². The molecule has 0 unspecified atom stereocenters. The summed E-state index contributed by atoms with van der Waals surface area (Å²) in [6.45, 7) is 11.8. The molecule has 0 aromatic rings. The van der Waals surface area contributed by atoms with Crippen molar-refractivity contribution in [2.75, 3.05) is 7.05 Å². The van der Waals surface area contributed by atoms with Crippen LogP contribution in [0.25, 0.3) is 0 Å². The second-order valence-electron chi connectivity index (χ2n) is 4.50. The van der Waals surface area contributed by atoms with Crippen LogP contribution in [0.4, 0.5) is 0 Å². The maximum atomic E-state index is 11.5. The molecule has 0 saturated carbocycles. The van der Waals surface area contributed by atoms with Gasteiger partial charge in [-0.1, -0.05) is 41.5 Å². The first kappa shape index (κ1) is 18.3. The van der Waals surface area contributed by atoms with E-state index in [9.17, 15) is 9.59 Å². The van der Waals surface area contributed by atoms with Gasteiger partial charge in [0.1, 0.15) is 6.04 Å². The maximum Gasteiger partial charge on any atom is 0.242 e. The standard InChI is InChI=1S/C11H22N2O2.C2H6.H2/c1-7(2)6-9(14)13-10(8(3)4)11(15)12-5;1-2;/h7-8,10H,6H2,1-5H3,(H,12,15)(H,13,14);1-2H3;1H/t10-;;/m0../s1. The largest absolute Gasteiger partial charge is 0.357 e. The first-order valence-corrected chi connectivity index (χ1v) is 6.39. The van der Waals surface area contributed by atoms with Crippen LogP contribution in [0, 0.1) is 11.8 Å². The molecule has 0 aromatic carbocycles. The third-order valence-corrected chi connectivity index (χ3v) is 2.11. The molecule has 0 spiro atoms. The minimum absolute atomic E-state index is 0. The van der Waals surface area contributed by atoms with Gasteiger partial charge in [0.25, 0.3) is 0 Å². The zero-order valence-electron chi connectivity index (χ0n) is 12.3. The first-order chi connectivity index (χ1) is 7.88. The molecule has 104 valence electrons. The fourth-order valence-corrected chi connectivity index (χ4v) is 1.29. The molecule has 0 aromatic heterocycles. The molecule has 2 amide bonds. The normalized spacial score (nSPS) is 11.6. The van der Waals surface area contributed by atoms with Crippen LogP contribution in [-0.2, 0) is 9.59 Å². The molecule has 0 radical (unpaired) electrons. The van der Waals surface area contributed by atoms with Gasteiger partial charge in [-0.3, -0.25) is 9.59 Å². The molecule has 0 aliphatic carbocycles. The van der Waals surface area contributed by atoms with E-state index in [4.69, 9.17) is 0 Å². The Kier molecular flexibility index (Phi) is 10.9. The van der Waals surface area contributed by atoms with Crippen LogP contribution < -0.4 is 10.6 Å². The summed E-state index contributed by atoms with van der Waals surface area (Å²) < 4.78 is 0. The maximum absolute atomic E-state index is 11.5. The molecule has 0 aliphatic heterocycles. The zero-order chi connectivity index (χ0) is 14.0. The van der Waals surface area contributed by atoms with Gasteiger partial charge in [-0.25, -0.2) is 0 Å². The van der Waals surface area contributed by atoms with E-state index in [0.717, 1.165) is 0 Å². The number of likely N-dealkylation sites (N-methyl/N-ethyl adjacent to an activating group) is 1. The molecule has 0 heterocycles. The second kappa shape index (κ2) is 10.1. The molecule has 0 saturated heterocycles. The van der Waals surface area contributed by atoms with Crippen molar-refractivity contribution < 1.29 is 11.0 Å². The minimum Gasteiger partial charge on any atom is -0.357 e. The van der Waals surface area contributed by atoms with Gasteiger partial charge >= 0.3 is 0 Å². The molecule has 0 fully saturated rings. The molecule has 1 atom stereocenters. The average molecular weight is 246 g/mol. The summed E-state index contributed by atoms with van der Waals surface area (Å²) in [6, 6.07) is -0.429. The summed E-state index contributed by atoms with van der Waals surface area (Å²) in [7, 11) is 1.58. The van der Waals surface area contributed by atoms with Crippen LogP contribution in [0.2, 0.25) is 0 Å². The topological polar surface area (TPSA) is 58.2 Å². The lowest BCUT2D eigenvalue weighted by molar-refractivity contribution is -0.130. The second-order valence-corrected chi connectivity index (χ2v) is 4.50. The van der Waals surface area contributed by atoms with Gasteiger partial charge in [0.05, 0.1) is 0 Å². The number of nitrogens with one attached hydrogen (secondary N) is 2. The van der Waals surface area contributed by atoms with Crippen LogP contribution >= 0.6 is 0 Å². The Morgan fingerprint density at radius 3 is 1.88 bits per heavy atom. The summed E-state index contributed by atoms with van der Waals surface area (Å²) in [5.41, 5.74) is 0. The fraction of sp³-hybridized carbons (Fsp3) is 0.846. The lowest BCUT2D eigenvalue weighted by atomic mass is 10.0. The monoisotopic (exact) mass is 246 g/mol. The van der Waals surface area contributed by atoms with Crippen molar-refractivity contribution in [3.8, 4) is 0 Å². The Bertz CT molecular complexity index is 231. The van der Waals surface area contributed by atoms with Crippen LogP contribution in [-0.4, -0.2) is 24.9 Å². The number of hydrogen-bond donors (Lipinski definition) is 2. The van der Waals surface area contributed by atoms with Crippen molar-refractivity contribution in [2.45, 2.75) is 54.0 Å². The summed E-state index contributed by atoms with van der Waals surface area (Å²) in [6.07, 6.45) is 0.459. The predicted octanol–water partition coefficient (Wildman–Crippen LogP) is 2.19. The minimum atomic E-state index is -0.429. The molecule has 0 aliphatic rings. The zero-order valence-corrected chi connectivity index (χ0v) is 12.3. The Morgan fingerprint density at radius 1 is 1.12 bits per heavy atom. The summed E-state index contributed by atoms with van der Waals surface area (Å²) in [5, 5.41) is 5.30. The van der Waals surface area contributed by atoms with Crippen molar-refractivity contribution in [3.63, 3.8) is 0 Å². The summed E-state index contributed by atoms with van der Waals surface area (Å²) in [4.78, 5) is 22.9. The average Bonchev–Trinajstić information content (AvgIpc) is 2.26. The molecular formula is C13H30N2O2. The molecule has 17 heavy (non-hydrogen) atoms. The number of amides is 2. The SMILES string of the molecule is CC.CNC(=O)[C@@H](NC(=O)CC(C)C)C(C)C.[HH]. The molecular weight excluding hydrogens is 216 g/mol. The van der Waals surface area contributed by atoms with Gasteiger partial charge in [0, 0.05) is 14.9 Å². The third-order valence-electron chi connectivity index (χ3n) is 2.11. The molecule has 4 heteroatoms.